The minimum absolute atomic E-state index is 0.322. The first-order chi connectivity index (χ1) is 7.78. The lowest BCUT2D eigenvalue weighted by atomic mass is 10.1. The average Bonchev–Trinajstić information content (AvgIpc) is 2.66. The van der Waals surface area contributed by atoms with E-state index in [0.29, 0.717) is 5.75 Å². The number of phenols is 1. The smallest absolute Gasteiger partial charge is 0.119 e. The van der Waals surface area contributed by atoms with E-state index in [-0.39, 0.29) is 0 Å². The van der Waals surface area contributed by atoms with Crippen LogP contribution in [0.4, 0.5) is 0 Å². The summed E-state index contributed by atoms with van der Waals surface area (Å²) in [7, 11) is 1.68. The third-order valence-electron chi connectivity index (χ3n) is 3.08. The zero-order chi connectivity index (χ0) is 11.1. The van der Waals surface area contributed by atoms with Crippen molar-refractivity contribution in [2.45, 2.75) is 6.42 Å². The molecule has 2 aromatic rings. The quantitative estimate of drug-likeness (QED) is 0.672. The molecule has 2 aromatic carbocycles. The summed E-state index contributed by atoms with van der Waals surface area (Å²) in [5.74, 6) is 1.21. The molecule has 16 heavy (non-hydrogen) atoms. The van der Waals surface area contributed by atoms with Crippen molar-refractivity contribution in [1.29, 1.82) is 0 Å². The molecule has 0 fully saturated rings. The first kappa shape index (κ1) is 9.28. The molecule has 80 valence electrons. The van der Waals surface area contributed by atoms with Crippen LogP contribution in [0.5, 0.6) is 11.5 Å². The highest BCUT2D eigenvalue weighted by molar-refractivity contribution is 5.78. The van der Waals surface area contributed by atoms with Gasteiger partial charge in [0.25, 0.3) is 0 Å². The van der Waals surface area contributed by atoms with E-state index in [0.717, 1.165) is 17.7 Å². The van der Waals surface area contributed by atoms with E-state index in [4.69, 9.17) is 4.74 Å². The summed E-state index contributed by atoms with van der Waals surface area (Å²) in [5.41, 5.74) is 4.87. The van der Waals surface area contributed by atoms with Crippen LogP contribution in [0, 0.1) is 0 Å². The number of hydrogen-bond acceptors (Lipinski definition) is 2. The van der Waals surface area contributed by atoms with Crippen molar-refractivity contribution in [3.63, 3.8) is 0 Å². The Balaban J connectivity index is 2.18. The third-order valence-corrected chi connectivity index (χ3v) is 3.08. The summed E-state index contributed by atoms with van der Waals surface area (Å²) in [4.78, 5) is 0. The SMILES string of the molecule is COc1ccc2c(c1)Cc1ccc(O)cc1-2. The lowest BCUT2D eigenvalue weighted by Crippen LogP contribution is -1.85. The van der Waals surface area contributed by atoms with Crippen molar-refractivity contribution in [2.24, 2.45) is 0 Å². The molecule has 2 nitrogen and oxygen atoms in total. The van der Waals surface area contributed by atoms with Crippen molar-refractivity contribution in [3.8, 4) is 22.6 Å². The topological polar surface area (TPSA) is 29.5 Å². The van der Waals surface area contributed by atoms with E-state index >= 15 is 0 Å². The average molecular weight is 212 g/mol. The van der Waals surface area contributed by atoms with Gasteiger partial charge in [0, 0.05) is 0 Å². The van der Waals surface area contributed by atoms with Gasteiger partial charge in [-0.1, -0.05) is 12.1 Å². The molecule has 1 N–H and O–H groups in total. The van der Waals surface area contributed by atoms with Gasteiger partial charge in [0.15, 0.2) is 0 Å². The molecule has 0 saturated carbocycles. The minimum Gasteiger partial charge on any atom is -0.508 e. The number of rotatable bonds is 1. The number of fused-ring (bicyclic) bond motifs is 3. The summed E-state index contributed by atoms with van der Waals surface area (Å²) < 4.78 is 5.21. The zero-order valence-electron chi connectivity index (χ0n) is 9.03. The van der Waals surface area contributed by atoms with Gasteiger partial charge >= 0.3 is 0 Å². The van der Waals surface area contributed by atoms with Gasteiger partial charge in [0.1, 0.15) is 11.5 Å². The predicted octanol–water partition coefficient (Wildman–Crippen LogP) is 2.97. The second-order valence-electron chi connectivity index (χ2n) is 4.04. The largest absolute Gasteiger partial charge is 0.508 e. The molecule has 0 aromatic heterocycles. The molecular weight excluding hydrogens is 200 g/mol. The molecule has 1 aliphatic carbocycles. The molecule has 0 heterocycles. The van der Waals surface area contributed by atoms with Crippen molar-refractivity contribution in [1.82, 2.24) is 0 Å². The Morgan fingerprint density at radius 3 is 2.69 bits per heavy atom. The highest BCUT2D eigenvalue weighted by Gasteiger charge is 2.18. The Hall–Kier alpha value is -1.96. The van der Waals surface area contributed by atoms with Gasteiger partial charge in [-0.05, 0) is 52.9 Å². The van der Waals surface area contributed by atoms with Gasteiger partial charge in [-0.2, -0.15) is 0 Å². The lowest BCUT2D eigenvalue weighted by molar-refractivity contribution is 0.414. The Bertz CT molecular complexity index is 559. The number of benzene rings is 2. The van der Waals surface area contributed by atoms with Gasteiger partial charge < -0.3 is 9.84 Å². The van der Waals surface area contributed by atoms with Gasteiger partial charge in [0.05, 0.1) is 7.11 Å². The van der Waals surface area contributed by atoms with Gasteiger partial charge in [-0.25, -0.2) is 0 Å². The zero-order valence-corrected chi connectivity index (χ0v) is 9.03. The van der Waals surface area contributed by atoms with E-state index in [2.05, 4.69) is 12.1 Å². The molecule has 0 amide bonds. The van der Waals surface area contributed by atoms with Crippen LogP contribution in [0.2, 0.25) is 0 Å². The molecule has 0 bridgehead atoms. The predicted molar refractivity (Wildman–Crippen MR) is 62.9 cm³/mol. The van der Waals surface area contributed by atoms with Crippen LogP contribution >= 0.6 is 0 Å². The monoisotopic (exact) mass is 212 g/mol. The number of methoxy groups -OCH3 is 1. The van der Waals surface area contributed by atoms with Crippen LogP contribution in [0.1, 0.15) is 11.1 Å². The highest BCUT2D eigenvalue weighted by Crippen LogP contribution is 2.39. The molecule has 3 rings (SSSR count). The van der Waals surface area contributed by atoms with Crippen molar-refractivity contribution in [2.75, 3.05) is 7.11 Å². The van der Waals surface area contributed by atoms with Crippen LogP contribution in [0.25, 0.3) is 11.1 Å². The fraction of sp³-hybridized carbons (Fsp3) is 0.143. The van der Waals surface area contributed by atoms with Gasteiger partial charge in [-0.3, -0.25) is 0 Å². The first-order valence-corrected chi connectivity index (χ1v) is 5.27. The number of phenolic OH excluding ortho intramolecular Hbond substituents is 1. The Morgan fingerprint density at radius 2 is 1.88 bits per heavy atom. The highest BCUT2D eigenvalue weighted by atomic mass is 16.5. The number of ether oxygens (including phenoxy) is 1. The third kappa shape index (κ3) is 1.27. The molecule has 0 unspecified atom stereocenters. The lowest BCUT2D eigenvalue weighted by Gasteiger charge is -2.03. The van der Waals surface area contributed by atoms with Crippen molar-refractivity contribution < 1.29 is 9.84 Å². The number of aromatic hydroxyl groups is 1. The minimum atomic E-state index is 0.322. The summed E-state index contributed by atoms with van der Waals surface area (Å²) in [6.45, 7) is 0. The summed E-state index contributed by atoms with van der Waals surface area (Å²) in [5, 5.41) is 9.50. The van der Waals surface area contributed by atoms with Crippen molar-refractivity contribution in [3.05, 3.63) is 47.5 Å². The molecule has 0 saturated heterocycles. The van der Waals surface area contributed by atoms with Gasteiger partial charge in [-0.15, -0.1) is 0 Å². The molecular formula is C14H12O2. The van der Waals surface area contributed by atoms with E-state index in [9.17, 15) is 5.11 Å². The maximum Gasteiger partial charge on any atom is 0.119 e. The normalized spacial score (nSPS) is 12.1. The maximum absolute atomic E-state index is 9.50. The first-order valence-electron chi connectivity index (χ1n) is 5.27. The molecule has 2 heteroatoms. The number of hydrogen-bond donors (Lipinski definition) is 1. The summed E-state index contributed by atoms with van der Waals surface area (Å²) >= 11 is 0. The van der Waals surface area contributed by atoms with Crippen LogP contribution in [0.3, 0.4) is 0 Å². The Labute approximate surface area is 94.1 Å². The fourth-order valence-corrected chi connectivity index (χ4v) is 2.28. The van der Waals surface area contributed by atoms with Crippen LogP contribution in [0.15, 0.2) is 36.4 Å². The molecule has 0 radical (unpaired) electrons. The van der Waals surface area contributed by atoms with Crippen LogP contribution in [-0.4, -0.2) is 12.2 Å². The van der Waals surface area contributed by atoms with Crippen LogP contribution < -0.4 is 4.74 Å². The van der Waals surface area contributed by atoms with Gasteiger partial charge in [0.2, 0.25) is 0 Å². The maximum atomic E-state index is 9.50. The summed E-state index contributed by atoms with van der Waals surface area (Å²) in [6.07, 6.45) is 0.919. The molecule has 0 aliphatic heterocycles. The second kappa shape index (κ2) is 3.27. The van der Waals surface area contributed by atoms with E-state index in [1.165, 1.54) is 16.7 Å². The molecule has 0 spiro atoms. The van der Waals surface area contributed by atoms with Crippen LogP contribution in [-0.2, 0) is 6.42 Å². The Kier molecular flexibility index (Phi) is 1.90. The molecule has 1 aliphatic rings. The standard InChI is InChI=1S/C14H12O2/c1-16-12-4-5-13-10(7-12)6-9-2-3-11(15)8-14(9)13/h2-5,7-8,15H,6H2,1H3. The fourth-order valence-electron chi connectivity index (χ4n) is 2.28. The van der Waals surface area contributed by atoms with E-state index < -0.39 is 0 Å². The molecule has 0 atom stereocenters. The van der Waals surface area contributed by atoms with Crippen molar-refractivity contribution >= 4 is 0 Å². The van der Waals surface area contributed by atoms with E-state index in [1.807, 2.05) is 18.2 Å². The van der Waals surface area contributed by atoms with E-state index in [1.54, 1.807) is 13.2 Å². The second-order valence-corrected chi connectivity index (χ2v) is 4.04. The Morgan fingerprint density at radius 1 is 1.00 bits per heavy atom. The summed E-state index contributed by atoms with van der Waals surface area (Å²) in [6, 6.07) is 11.6.